The van der Waals surface area contributed by atoms with E-state index in [9.17, 15) is 4.79 Å². The van der Waals surface area contributed by atoms with Crippen LogP contribution in [0.3, 0.4) is 0 Å². The summed E-state index contributed by atoms with van der Waals surface area (Å²) in [6.45, 7) is 6.13. The topological polar surface area (TPSA) is 47.9 Å². The van der Waals surface area contributed by atoms with Crippen molar-refractivity contribution in [2.75, 3.05) is 6.61 Å². The van der Waals surface area contributed by atoms with E-state index in [1.165, 1.54) is 0 Å². The first-order valence-corrected chi connectivity index (χ1v) is 4.07. The molecule has 0 saturated heterocycles. The zero-order chi connectivity index (χ0) is 9.14. The fraction of sp³-hybridized carbons (Fsp3) is 0.750. The number of esters is 1. The Morgan fingerprint density at radius 3 is 2.75 bits per heavy atom. The Labute approximate surface area is 71.6 Å². The van der Waals surface area contributed by atoms with Crippen molar-refractivity contribution in [1.82, 2.24) is 0 Å². The molecule has 0 aromatic heterocycles. The second-order valence-corrected chi connectivity index (χ2v) is 2.94. The molecule has 0 radical (unpaired) electrons. The van der Waals surface area contributed by atoms with Gasteiger partial charge in [-0.05, 0) is 12.8 Å². The molecule has 0 aromatic rings. The Hall–Kier alpha value is -1.06. The first-order chi connectivity index (χ1) is 5.65. The fourth-order valence-corrected chi connectivity index (χ4v) is 0.950. The first-order valence-electron chi connectivity index (χ1n) is 4.07. The number of carbonyl (C=O) groups excluding carboxylic acids is 1. The molecule has 0 unspecified atom stereocenters. The molecular formula is C8H13NO3. The van der Waals surface area contributed by atoms with Crippen LogP contribution in [0.1, 0.15) is 20.8 Å². The van der Waals surface area contributed by atoms with Crippen molar-refractivity contribution in [1.29, 1.82) is 0 Å². The Bertz CT molecular complexity index is 210. The fourth-order valence-electron chi connectivity index (χ4n) is 0.950. The summed E-state index contributed by atoms with van der Waals surface area (Å²) in [5.74, 6) is -0.149. The number of carbonyl (C=O) groups is 1. The van der Waals surface area contributed by atoms with Gasteiger partial charge in [-0.25, -0.2) is 9.79 Å². The van der Waals surface area contributed by atoms with Gasteiger partial charge in [0, 0.05) is 0 Å². The third kappa shape index (κ3) is 1.75. The summed E-state index contributed by atoms with van der Waals surface area (Å²) < 4.78 is 9.73. The summed E-state index contributed by atoms with van der Waals surface area (Å²) in [6.07, 6.45) is 0.112. The van der Waals surface area contributed by atoms with Crippen LogP contribution in [-0.2, 0) is 14.3 Å². The van der Waals surface area contributed by atoms with E-state index in [0.29, 0.717) is 6.61 Å². The van der Waals surface area contributed by atoms with Crippen molar-refractivity contribution >= 4 is 12.1 Å². The van der Waals surface area contributed by atoms with Gasteiger partial charge in [0.1, 0.15) is 0 Å². The molecule has 0 spiro atoms. The molecule has 1 aliphatic rings. The maximum atomic E-state index is 11.1. The molecule has 0 N–H and O–H groups in total. The number of nitrogens with zero attached hydrogens (tertiary/aromatic N) is 1. The van der Waals surface area contributed by atoms with Gasteiger partial charge in [-0.3, -0.25) is 0 Å². The van der Waals surface area contributed by atoms with Crippen molar-refractivity contribution in [2.24, 2.45) is 10.9 Å². The largest absolute Gasteiger partial charge is 0.451 e. The van der Waals surface area contributed by atoms with Crippen LogP contribution in [0.25, 0.3) is 0 Å². The smallest absolute Gasteiger partial charge is 0.392 e. The average Bonchev–Trinajstić information content (AvgIpc) is 2.32. The van der Waals surface area contributed by atoms with E-state index < -0.39 is 0 Å². The molecule has 68 valence electrons. The molecule has 0 aromatic carbocycles. The molecule has 0 bridgehead atoms. The lowest BCUT2D eigenvalue weighted by Crippen LogP contribution is -2.20. The van der Waals surface area contributed by atoms with E-state index in [1.54, 1.807) is 0 Å². The standard InChI is InChI=1S/C8H13NO3/c1-4-11-8-9-6(5(2)3)7(10)12-8/h5-6H,4H2,1-3H3/t6-/m0/s1. The van der Waals surface area contributed by atoms with Gasteiger partial charge < -0.3 is 9.47 Å². The van der Waals surface area contributed by atoms with Crippen LogP contribution in [0, 0.1) is 5.92 Å². The Balaban J connectivity index is 2.60. The van der Waals surface area contributed by atoms with Crippen LogP contribution in [-0.4, -0.2) is 24.7 Å². The number of rotatable bonds is 2. The van der Waals surface area contributed by atoms with Crippen molar-refractivity contribution in [3.05, 3.63) is 0 Å². The minimum absolute atomic E-state index is 0.112. The molecular weight excluding hydrogens is 158 g/mol. The van der Waals surface area contributed by atoms with Crippen LogP contribution < -0.4 is 0 Å². The quantitative estimate of drug-likeness (QED) is 0.581. The molecule has 1 aliphatic heterocycles. The highest BCUT2D eigenvalue weighted by atomic mass is 16.7. The third-order valence-corrected chi connectivity index (χ3v) is 1.57. The van der Waals surface area contributed by atoms with Crippen LogP contribution in [0.2, 0.25) is 0 Å². The van der Waals surface area contributed by atoms with Crippen LogP contribution in [0.15, 0.2) is 4.99 Å². The Kier molecular flexibility index (Phi) is 2.68. The maximum absolute atomic E-state index is 11.1. The molecule has 4 heteroatoms. The summed E-state index contributed by atoms with van der Waals surface area (Å²) >= 11 is 0. The van der Waals surface area contributed by atoms with Crippen molar-refractivity contribution in [3.63, 3.8) is 0 Å². The minimum Gasteiger partial charge on any atom is -0.451 e. The maximum Gasteiger partial charge on any atom is 0.392 e. The predicted octanol–water partition coefficient (Wildman–Crippen LogP) is 0.960. The second kappa shape index (κ2) is 3.56. The van der Waals surface area contributed by atoms with Gasteiger partial charge in [-0.15, -0.1) is 0 Å². The van der Waals surface area contributed by atoms with E-state index in [1.807, 2.05) is 20.8 Å². The van der Waals surface area contributed by atoms with Gasteiger partial charge in [-0.2, -0.15) is 0 Å². The van der Waals surface area contributed by atoms with Gasteiger partial charge >= 0.3 is 12.1 Å². The number of ether oxygens (including phenoxy) is 2. The normalized spacial score (nSPS) is 22.5. The van der Waals surface area contributed by atoms with Crippen LogP contribution >= 0.6 is 0 Å². The molecule has 4 nitrogen and oxygen atoms in total. The molecule has 12 heavy (non-hydrogen) atoms. The van der Waals surface area contributed by atoms with Gasteiger partial charge in [0.2, 0.25) is 0 Å². The molecule has 0 saturated carbocycles. The van der Waals surface area contributed by atoms with Gasteiger partial charge in [0.15, 0.2) is 6.04 Å². The molecule has 1 rings (SSSR count). The molecule has 0 fully saturated rings. The van der Waals surface area contributed by atoms with Crippen molar-refractivity contribution in [2.45, 2.75) is 26.8 Å². The zero-order valence-electron chi connectivity index (χ0n) is 7.53. The first kappa shape index (κ1) is 9.03. The predicted molar refractivity (Wildman–Crippen MR) is 43.8 cm³/mol. The lowest BCUT2D eigenvalue weighted by Gasteiger charge is -2.04. The summed E-state index contributed by atoms with van der Waals surface area (Å²) in [4.78, 5) is 15.1. The summed E-state index contributed by atoms with van der Waals surface area (Å²) in [5, 5.41) is 0. The van der Waals surface area contributed by atoms with E-state index in [4.69, 9.17) is 9.47 Å². The van der Waals surface area contributed by atoms with E-state index in [2.05, 4.69) is 4.99 Å². The highest BCUT2D eigenvalue weighted by Crippen LogP contribution is 2.15. The highest BCUT2D eigenvalue weighted by Gasteiger charge is 2.32. The zero-order valence-corrected chi connectivity index (χ0v) is 7.53. The van der Waals surface area contributed by atoms with E-state index in [0.717, 1.165) is 0 Å². The van der Waals surface area contributed by atoms with Crippen LogP contribution in [0.4, 0.5) is 0 Å². The van der Waals surface area contributed by atoms with Crippen molar-refractivity contribution < 1.29 is 14.3 Å². The summed E-state index contributed by atoms with van der Waals surface area (Å²) in [7, 11) is 0. The lowest BCUT2D eigenvalue weighted by molar-refractivity contribution is -0.137. The van der Waals surface area contributed by atoms with Gasteiger partial charge in [0.25, 0.3) is 0 Å². The SMILES string of the molecule is CCOC1=N[C@@H](C(C)C)C(=O)O1. The summed E-state index contributed by atoms with van der Waals surface area (Å²) in [5.41, 5.74) is 0. The van der Waals surface area contributed by atoms with E-state index >= 15 is 0 Å². The number of cyclic esters (lactones) is 1. The Morgan fingerprint density at radius 1 is 1.67 bits per heavy atom. The number of aliphatic imine (C=N–C) groups is 1. The number of hydrogen-bond donors (Lipinski definition) is 0. The average molecular weight is 171 g/mol. The van der Waals surface area contributed by atoms with Gasteiger partial charge in [0.05, 0.1) is 6.61 Å². The minimum atomic E-state index is -0.383. The molecule has 1 atom stereocenters. The highest BCUT2D eigenvalue weighted by molar-refractivity contribution is 5.93. The Morgan fingerprint density at radius 2 is 2.33 bits per heavy atom. The molecule has 0 amide bonds. The van der Waals surface area contributed by atoms with E-state index in [-0.39, 0.29) is 24.0 Å². The van der Waals surface area contributed by atoms with Gasteiger partial charge in [-0.1, -0.05) is 13.8 Å². The summed E-state index contributed by atoms with van der Waals surface area (Å²) in [6, 6.07) is -0.383. The van der Waals surface area contributed by atoms with Crippen LogP contribution in [0.5, 0.6) is 0 Å². The molecule has 1 heterocycles. The second-order valence-electron chi connectivity index (χ2n) is 2.94. The number of hydrogen-bond acceptors (Lipinski definition) is 4. The molecule has 0 aliphatic carbocycles. The lowest BCUT2D eigenvalue weighted by atomic mass is 10.1. The monoisotopic (exact) mass is 171 g/mol. The third-order valence-electron chi connectivity index (χ3n) is 1.57. The van der Waals surface area contributed by atoms with Crippen molar-refractivity contribution in [3.8, 4) is 0 Å².